The molecule has 0 aliphatic rings. The fraction of sp³-hybridized carbons (Fsp3) is 0. The van der Waals surface area contributed by atoms with Gasteiger partial charge in [-0.1, -0.05) is 23.2 Å². The Morgan fingerprint density at radius 3 is 2.59 bits per heavy atom. The van der Waals surface area contributed by atoms with E-state index in [1.807, 2.05) is 0 Å². The Labute approximate surface area is 113 Å². The van der Waals surface area contributed by atoms with Crippen molar-refractivity contribution in [1.82, 2.24) is 4.98 Å². The molecule has 0 saturated carbocycles. The summed E-state index contributed by atoms with van der Waals surface area (Å²) in [5.74, 6) is 0. The number of pyridine rings is 1. The maximum atomic E-state index is 11.8. The van der Waals surface area contributed by atoms with Crippen molar-refractivity contribution in [1.29, 1.82) is 0 Å². The zero-order chi connectivity index (χ0) is 12.7. The highest BCUT2D eigenvalue weighted by atomic mass is 79.9. The Bertz CT molecular complexity index is 699. The lowest BCUT2D eigenvalue weighted by atomic mass is 10.2. The van der Waals surface area contributed by atoms with Gasteiger partial charge in [-0.15, -0.1) is 0 Å². The third kappa shape index (κ3) is 1.92. The molecule has 2 rings (SSSR count). The van der Waals surface area contributed by atoms with E-state index in [-0.39, 0.29) is 15.4 Å². The highest BCUT2D eigenvalue weighted by Crippen LogP contribution is 2.35. The lowest BCUT2D eigenvalue weighted by molar-refractivity contribution is -0.386. The molecule has 1 aromatic heterocycles. The van der Waals surface area contributed by atoms with Crippen LogP contribution in [0.4, 0.5) is 5.69 Å². The van der Waals surface area contributed by atoms with Crippen LogP contribution in [0.1, 0.15) is 0 Å². The van der Waals surface area contributed by atoms with Crippen LogP contribution in [0.25, 0.3) is 10.9 Å². The summed E-state index contributed by atoms with van der Waals surface area (Å²) >= 11 is 14.9. The van der Waals surface area contributed by atoms with Crippen molar-refractivity contribution in [2.45, 2.75) is 0 Å². The van der Waals surface area contributed by atoms with Crippen LogP contribution in [-0.4, -0.2) is 9.91 Å². The fourth-order valence-electron chi connectivity index (χ4n) is 1.41. The molecule has 0 unspecified atom stereocenters. The first kappa shape index (κ1) is 12.3. The van der Waals surface area contributed by atoms with Gasteiger partial charge in [-0.2, -0.15) is 0 Å². The Morgan fingerprint density at radius 1 is 1.35 bits per heavy atom. The molecule has 0 fully saturated rings. The number of nitrogens with zero attached hydrogens (tertiary/aromatic N) is 1. The summed E-state index contributed by atoms with van der Waals surface area (Å²) in [6, 6.07) is 1.54. The van der Waals surface area contributed by atoms with Crippen molar-refractivity contribution in [2.24, 2.45) is 0 Å². The summed E-state index contributed by atoms with van der Waals surface area (Å²) in [4.78, 5) is 24.3. The quantitative estimate of drug-likeness (QED) is 0.491. The number of nitrogens with one attached hydrogen (secondary N) is 1. The average Bonchev–Trinajstić information content (AvgIpc) is 2.25. The summed E-state index contributed by atoms with van der Waals surface area (Å²) < 4.78 is 0.501. The molecule has 5 nitrogen and oxygen atoms in total. The molecule has 0 saturated heterocycles. The van der Waals surface area contributed by atoms with Crippen molar-refractivity contribution < 1.29 is 4.92 Å². The largest absolute Gasteiger partial charge is 0.355 e. The second-order valence-electron chi connectivity index (χ2n) is 3.17. The third-order valence-corrected chi connectivity index (χ3v) is 3.90. The minimum Gasteiger partial charge on any atom is -0.355 e. The number of nitro groups is 1. The second-order valence-corrected chi connectivity index (χ2v) is 4.78. The predicted octanol–water partition coefficient (Wildman–Crippen LogP) is 3.51. The molecular weight excluding hydrogens is 335 g/mol. The van der Waals surface area contributed by atoms with Crippen LogP contribution in [0.15, 0.2) is 21.5 Å². The van der Waals surface area contributed by atoms with E-state index in [0.717, 1.165) is 6.20 Å². The number of aromatic amines is 1. The summed E-state index contributed by atoms with van der Waals surface area (Å²) in [6.45, 7) is 0. The minimum atomic E-state index is -0.773. The Morgan fingerprint density at radius 2 is 2.00 bits per heavy atom. The van der Waals surface area contributed by atoms with Crippen molar-refractivity contribution in [3.05, 3.63) is 47.1 Å². The number of benzene rings is 1. The molecule has 8 heteroatoms. The maximum Gasteiger partial charge on any atom is 0.332 e. The Hall–Kier alpha value is -1.11. The second kappa shape index (κ2) is 4.29. The van der Waals surface area contributed by atoms with Gasteiger partial charge in [0.1, 0.15) is 0 Å². The van der Waals surface area contributed by atoms with E-state index >= 15 is 0 Å². The minimum absolute atomic E-state index is 0.00840. The van der Waals surface area contributed by atoms with Gasteiger partial charge in [0.15, 0.2) is 0 Å². The first-order chi connectivity index (χ1) is 7.93. The molecule has 1 heterocycles. The van der Waals surface area contributed by atoms with Crippen LogP contribution in [-0.2, 0) is 0 Å². The van der Waals surface area contributed by atoms with Crippen LogP contribution in [0.5, 0.6) is 0 Å². The molecule has 0 bridgehead atoms. The Kier molecular flexibility index (Phi) is 3.11. The SMILES string of the molecule is O=c1c([N+](=O)[O-])c[nH]c2cc(Br)c(Cl)c(Cl)c12. The lowest BCUT2D eigenvalue weighted by Crippen LogP contribution is -2.09. The molecular formula is C9H3BrCl2N2O3. The van der Waals surface area contributed by atoms with Crippen LogP contribution in [0, 0.1) is 10.1 Å². The predicted molar refractivity (Wildman–Crippen MR) is 68.9 cm³/mol. The van der Waals surface area contributed by atoms with Gasteiger partial charge in [0.05, 0.1) is 32.1 Å². The smallest absolute Gasteiger partial charge is 0.332 e. The number of aromatic nitrogens is 1. The van der Waals surface area contributed by atoms with E-state index in [9.17, 15) is 14.9 Å². The summed E-state index contributed by atoms with van der Waals surface area (Å²) in [5.41, 5.74) is -0.956. The van der Waals surface area contributed by atoms with Crippen LogP contribution in [0.3, 0.4) is 0 Å². The number of fused-ring (bicyclic) bond motifs is 1. The molecule has 0 aliphatic heterocycles. The molecule has 0 amide bonds. The summed E-state index contributed by atoms with van der Waals surface area (Å²) in [5, 5.41) is 10.8. The molecule has 0 atom stereocenters. The summed E-state index contributed by atoms with van der Waals surface area (Å²) in [7, 11) is 0. The number of halogens is 3. The van der Waals surface area contributed by atoms with Crippen molar-refractivity contribution in [3.63, 3.8) is 0 Å². The molecule has 1 N–H and O–H groups in total. The van der Waals surface area contributed by atoms with Gasteiger partial charge in [-0.05, 0) is 22.0 Å². The maximum absolute atomic E-state index is 11.8. The number of H-pyrrole nitrogens is 1. The van der Waals surface area contributed by atoms with Gasteiger partial charge in [-0.25, -0.2) is 0 Å². The monoisotopic (exact) mass is 336 g/mol. The van der Waals surface area contributed by atoms with Crippen LogP contribution >= 0.6 is 39.1 Å². The average molecular weight is 338 g/mol. The van der Waals surface area contributed by atoms with Gasteiger partial charge < -0.3 is 4.98 Å². The van der Waals surface area contributed by atoms with E-state index < -0.39 is 16.0 Å². The molecule has 0 spiro atoms. The normalized spacial score (nSPS) is 10.8. The van der Waals surface area contributed by atoms with Crippen LogP contribution in [0.2, 0.25) is 10.0 Å². The third-order valence-electron chi connectivity index (χ3n) is 2.18. The molecule has 0 radical (unpaired) electrons. The van der Waals surface area contributed by atoms with Gasteiger partial charge >= 0.3 is 5.69 Å². The number of hydrogen-bond donors (Lipinski definition) is 1. The van der Waals surface area contributed by atoms with E-state index in [0.29, 0.717) is 9.99 Å². The number of rotatable bonds is 1. The molecule has 17 heavy (non-hydrogen) atoms. The standard InChI is InChI=1S/C9H3BrCl2N2O3/c10-3-1-4-6(8(12)7(3)11)9(15)5(2-13-4)14(16)17/h1-2H,(H,13,15). The first-order valence-electron chi connectivity index (χ1n) is 4.26. The molecule has 2 aromatic rings. The highest BCUT2D eigenvalue weighted by Gasteiger charge is 2.19. The summed E-state index contributed by atoms with van der Waals surface area (Å²) in [6.07, 6.45) is 1.03. The lowest BCUT2D eigenvalue weighted by Gasteiger charge is -2.04. The van der Waals surface area contributed by atoms with Gasteiger partial charge in [-0.3, -0.25) is 14.9 Å². The van der Waals surface area contributed by atoms with Crippen molar-refractivity contribution >= 4 is 55.7 Å². The first-order valence-corrected chi connectivity index (χ1v) is 5.81. The van der Waals surface area contributed by atoms with E-state index in [1.165, 1.54) is 6.07 Å². The van der Waals surface area contributed by atoms with Gasteiger partial charge in [0.2, 0.25) is 0 Å². The fourth-order valence-corrected chi connectivity index (χ4v) is 2.39. The van der Waals surface area contributed by atoms with Gasteiger partial charge in [0, 0.05) is 4.47 Å². The van der Waals surface area contributed by atoms with E-state index in [4.69, 9.17) is 23.2 Å². The Balaban J connectivity index is 3.00. The molecule has 88 valence electrons. The zero-order valence-electron chi connectivity index (χ0n) is 7.96. The zero-order valence-corrected chi connectivity index (χ0v) is 11.1. The number of hydrogen-bond acceptors (Lipinski definition) is 3. The van der Waals surface area contributed by atoms with E-state index in [2.05, 4.69) is 20.9 Å². The molecule has 1 aromatic carbocycles. The van der Waals surface area contributed by atoms with Crippen LogP contribution < -0.4 is 5.43 Å². The van der Waals surface area contributed by atoms with Crippen molar-refractivity contribution in [3.8, 4) is 0 Å². The van der Waals surface area contributed by atoms with E-state index in [1.54, 1.807) is 0 Å². The van der Waals surface area contributed by atoms with Crippen molar-refractivity contribution in [2.75, 3.05) is 0 Å². The topological polar surface area (TPSA) is 76.0 Å². The molecule has 0 aliphatic carbocycles. The van der Waals surface area contributed by atoms with Gasteiger partial charge in [0.25, 0.3) is 5.43 Å². The highest BCUT2D eigenvalue weighted by molar-refractivity contribution is 9.10.